The van der Waals surface area contributed by atoms with E-state index in [1.54, 1.807) is 0 Å². The lowest BCUT2D eigenvalue weighted by Crippen LogP contribution is -2.34. The summed E-state index contributed by atoms with van der Waals surface area (Å²) in [4.78, 5) is 19.0. The Labute approximate surface area is 123 Å². The molecule has 0 aromatic carbocycles. The molecule has 1 atom stereocenters. The van der Waals surface area contributed by atoms with Gasteiger partial charge in [0, 0.05) is 18.8 Å². The van der Waals surface area contributed by atoms with Crippen molar-refractivity contribution in [3.8, 4) is 0 Å². The highest BCUT2D eigenvalue weighted by Gasteiger charge is 2.36. The molecule has 6 nitrogen and oxygen atoms in total. The van der Waals surface area contributed by atoms with Gasteiger partial charge in [0.2, 0.25) is 0 Å². The van der Waals surface area contributed by atoms with Gasteiger partial charge in [0.05, 0.1) is 16.6 Å². The first-order valence-electron chi connectivity index (χ1n) is 7.16. The van der Waals surface area contributed by atoms with E-state index in [2.05, 4.69) is 17.1 Å². The predicted octanol–water partition coefficient (Wildman–Crippen LogP) is 1.65. The maximum atomic E-state index is 12.9. The van der Waals surface area contributed by atoms with E-state index in [1.807, 2.05) is 24.8 Å². The third kappa shape index (κ3) is 2.29. The van der Waals surface area contributed by atoms with Crippen molar-refractivity contribution in [1.82, 2.24) is 15.0 Å². The molecule has 3 rings (SSSR count). The Morgan fingerprint density at radius 2 is 2.29 bits per heavy atom. The molecular formula is C15H20N4O2. The summed E-state index contributed by atoms with van der Waals surface area (Å²) in [6.07, 6.45) is 0.936. The van der Waals surface area contributed by atoms with E-state index in [-0.39, 0.29) is 11.3 Å². The van der Waals surface area contributed by atoms with Crippen molar-refractivity contribution >= 4 is 17.0 Å². The highest BCUT2D eigenvalue weighted by Crippen LogP contribution is 2.31. The van der Waals surface area contributed by atoms with Crippen molar-refractivity contribution < 1.29 is 9.32 Å². The van der Waals surface area contributed by atoms with E-state index in [4.69, 9.17) is 10.3 Å². The summed E-state index contributed by atoms with van der Waals surface area (Å²) < 4.78 is 5.19. The molecule has 6 heteroatoms. The van der Waals surface area contributed by atoms with Gasteiger partial charge in [0.1, 0.15) is 0 Å². The van der Waals surface area contributed by atoms with E-state index >= 15 is 0 Å². The molecule has 0 aliphatic carbocycles. The monoisotopic (exact) mass is 288 g/mol. The lowest BCUT2D eigenvalue weighted by molar-refractivity contribution is 0.0778. The molecule has 1 saturated heterocycles. The summed E-state index contributed by atoms with van der Waals surface area (Å²) in [5, 5.41) is 4.64. The number of nitrogens with two attached hydrogens (primary N) is 1. The minimum atomic E-state index is 0.00831. The summed E-state index contributed by atoms with van der Waals surface area (Å²) in [5.74, 6) is 0.00831. The zero-order valence-electron chi connectivity index (χ0n) is 12.6. The summed E-state index contributed by atoms with van der Waals surface area (Å²) in [6.45, 7) is 7.82. The third-order valence-electron chi connectivity index (χ3n) is 4.31. The molecule has 3 heterocycles. The fourth-order valence-electron chi connectivity index (χ4n) is 2.92. The van der Waals surface area contributed by atoms with E-state index in [0.29, 0.717) is 35.4 Å². The van der Waals surface area contributed by atoms with Gasteiger partial charge in [0.25, 0.3) is 11.6 Å². The molecule has 0 radical (unpaired) electrons. The molecule has 1 aliphatic rings. The Balaban J connectivity index is 2.01. The summed E-state index contributed by atoms with van der Waals surface area (Å²) >= 11 is 0. The minimum Gasteiger partial charge on any atom is -0.338 e. The Hall–Kier alpha value is -1.95. The second-order valence-electron chi connectivity index (χ2n) is 6.25. The fraction of sp³-hybridized carbons (Fsp3) is 0.533. The number of fused-ring (bicyclic) bond motifs is 1. The zero-order chi connectivity index (χ0) is 15.2. The van der Waals surface area contributed by atoms with Crippen LogP contribution < -0.4 is 5.73 Å². The lowest BCUT2D eigenvalue weighted by atomic mass is 9.90. The summed E-state index contributed by atoms with van der Waals surface area (Å²) in [5.41, 5.74) is 8.33. The average Bonchev–Trinajstić information content (AvgIpc) is 3.02. The second-order valence-corrected chi connectivity index (χ2v) is 6.25. The van der Waals surface area contributed by atoms with Crippen molar-refractivity contribution in [2.75, 3.05) is 19.6 Å². The number of amides is 1. The van der Waals surface area contributed by atoms with Crippen molar-refractivity contribution in [3.05, 3.63) is 23.0 Å². The van der Waals surface area contributed by atoms with Crippen LogP contribution in [0.2, 0.25) is 0 Å². The molecule has 2 N–H and O–H groups in total. The van der Waals surface area contributed by atoms with Gasteiger partial charge in [-0.3, -0.25) is 4.79 Å². The van der Waals surface area contributed by atoms with Gasteiger partial charge in [-0.2, -0.15) is 0 Å². The average molecular weight is 288 g/mol. The predicted molar refractivity (Wildman–Crippen MR) is 79.0 cm³/mol. The van der Waals surface area contributed by atoms with Crippen LogP contribution >= 0.6 is 0 Å². The first-order valence-corrected chi connectivity index (χ1v) is 7.16. The molecule has 1 fully saturated rings. The van der Waals surface area contributed by atoms with Gasteiger partial charge in [-0.25, -0.2) is 4.98 Å². The van der Waals surface area contributed by atoms with E-state index in [1.165, 1.54) is 0 Å². The normalized spacial score (nSPS) is 22.2. The van der Waals surface area contributed by atoms with Gasteiger partial charge in [0.15, 0.2) is 0 Å². The van der Waals surface area contributed by atoms with Crippen LogP contribution in [0.1, 0.15) is 35.1 Å². The molecule has 1 unspecified atom stereocenters. The number of carbonyl (C=O) groups is 1. The lowest BCUT2D eigenvalue weighted by Gasteiger charge is -2.22. The number of hydrogen-bond donors (Lipinski definition) is 1. The molecule has 1 amide bonds. The van der Waals surface area contributed by atoms with Gasteiger partial charge >= 0.3 is 0 Å². The maximum Gasteiger partial charge on any atom is 0.258 e. The largest absolute Gasteiger partial charge is 0.338 e. The number of carbonyl (C=O) groups excluding carboxylic acids is 1. The number of aryl methyl sites for hydroxylation is 2. The summed E-state index contributed by atoms with van der Waals surface area (Å²) in [7, 11) is 0. The van der Waals surface area contributed by atoms with Crippen LogP contribution in [0, 0.1) is 19.3 Å². The van der Waals surface area contributed by atoms with Gasteiger partial charge in [-0.05, 0) is 38.3 Å². The van der Waals surface area contributed by atoms with Crippen molar-refractivity contribution in [2.45, 2.75) is 27.2 Å². The number of pyridine rings is 1. The minimum absolute atomic E-state index is 0.00831. The zero-order valence-corrected chi connectivity index (χ0v) is 12.6. The van der Waals surface area contributed by atoms with Crippen molar-refractivity contribution in [3.63, 3.8) is 0 Å². The number of nitrogens with zero attached hydrogens (tertiary/aromatic N) is 3. The topological polar surface area (TPSA) is 85.2 Å². The van der Waals surface area contributed by atoms with Gasteiger partial charge < -0.3 is 15.2 Å². The first-order chi connectivity index (χ1) is 9.93. The quantitative estimate of drug-likeness (QED) is 0.908. The molecule has 2 aromatic rings. The van der Waals surface area contributed by atoms with Gasteiger partial charge in [-0.15, -0.1) is 0 Å². The van der Waals surface area contributed by atoms with E-state index < -0.39 is 0 Å². The molecule has 1 aliphatic heterocycles. The Morgan fingerprint density at radius 3 is 2.95 bits per heavy atom. The highest BCUT2D eigenvalue weighted by molar-refractivity contribution is 6.06. The Bertz CT molecular complexity index is 709. The molecule has 112 valence electrons. The van der Waals surface area contributed by atoms with Crippen LogP contribution in [0.5, 0.6) is 0 Å². The SMILES string of the molecule is Cc1cc(C(=O)N2CCC(C)(CN)C2)c2c(C)noc2n1. The van der Waals surface area contributed by atoms with Crippen LogP contribution in [0.3, 0.4) is 0 Å². The highest BCUT2D eigenvalue weighted by atomic mass is 16.5. The van der Waals surface area contributed by atoms with Crippen LogP contribution in [0.25, 0.3) is 11.1 Å². The molecule has 0 bridgehead atoms. The molecule has 2 aromatic heterocycles. The summed E-state index contributed by atoms with van der Waals surface area (Å²) in [6, 6.07) is 1.81. The van der Waals surface area contributed by atoms with E-state index in [9.17, 15) is 4.79 Å². The molecular weight excluding hydrogens is 268 g/mol. The number of hydrogen-bond acceptors (Lipinski definition) is 5. The smallest absolute Gasteiger partial charge is 0.258 e. The maximum absolute atomic E-state index is 12.9. The second kappa shape index (κ2) is 4.80. The van der Waals surface area contributed by atoms with Crippen LogP contribution in [-0.4, -0.2) is 40.6 Å². The molecule has 21 heavy (non-hydrogen) atoms. The van der Waals surface area contributed by atoms with Crippen LogP contribution in [-0.2, 0) is 0 Å². The van der Waals surface area contributed by atoms with Crippen molar-refractivity contribution in [1.29, 1.82) is 0 Å². The number of rotatable bonds is 2. The Morgan fingerprint density at radius 1 is 1.52 bits per heavy atom. The van der Waals surface area contributed by atoms with Crippen LogP contribution in [0.15, 0.2) is 10.6 Å². The first kappa shape index (κ1) is 14.0. The molecule has 0 spiro atoms. The number of aromatic nitrogens is 2. The standard InChI is InChI=1S/C15H20N4O2/c1-9-6-11(12-10(2)18-21-13(12)17-9)14(20)19-5-4-15(3,7-16)8-19/h6H,4-5,7-8,16H2,1-3H3. The number of likely N-dealkylation sites (tertiary alicyclic amines) is 1. The Kier molecular flexibility index (Phi) is 3.20. The third-order valence-corrected chi connectivity index (χ3v) is 4.31. The van der Waals surface area contributed by atoms with Gasteiger partial charge in [-0.1, -0.05) is 12.1 Å². The van der Waals surface area contributed by atoms with Crippen LogP contribution in [0.4, 0.5) is 0 Å². The van der Waals surface area contributed by atoms with Crippen molar-refractivity contribution in [2.24, 2.45) is 11.1 Å². The molecule has 0 saturated carbocycles. The fourth-order valence-corrected chi connectivity index (χ4v) is 2.92. The van der Waals surface area contributed by atoms with E-state index in [0.717, 1.165) is 18.7 Å².